The van der Waals surface area contributed by atoms with Crippen LogP contribution in [0.4, 0.5) is 5.69 Å². The van der Waals surface area contributed by atoms with E-state index >= 15 is 0 Å². The number of rotatable bonds is 4. The van der Waals surface area contributed by atoms with Crippen molar-refractivity contribution in [2.75, 3.05) is 5.32 Å². The molecule has 0 spiro atoms. The zero-order valence-corrected chi connectivity index (χ0v) is 12.2. The summed E-state index contributed by atoms with van der Waals surface area (Å²) in [5.41, 5.74) is 1.07. The lowest BCUT2D eigenvalue weighted by molar-refractivity contribution is 0.361. The predicted octanol–water partition coefficient (Wildman–Crippen LogP) is 4.15. The summed E-state index contributed by atoms with van der Waals surface area (Å²) in [6.07, 6.45) is 6.32. The largest absolute Gasteiger partial charge is 0.376 e. The standard InChI is InChI=1S/C15H19N3O.ClH/c1-3-7-12(8-4-1)15-17-14(19-18-15)11-16-13-9-5-2-6-10-13;/h2,5-6,9-10,12,16H,1,3-4,7-8,11H2;1H. The molecule has 1 saturated carbocycles. The first-order chi connectivity index (χ1) is 9.42. The van der Waals surface area contributed by atoms with Crippen LogP contribution in [0.5, 0.6) is 0 Å². The van der Waals surface area contributed by atoms with Gasteiger partial charge in [-0.2, -0.15) is 4.98 Å². The number of halogens is 1. The molecule has 1 aromatic heterocycles. The van der Waals surface area contributed by atoms with Crippen LogP contribution < -0.4 is 5.32 Å². The van der Waals surface area contributed by atoms with Crippen molar-refractivity contribution in [2.45, 2.75) is 44.6 Å². The molecular formula is C15H20ClN3O. The van der Waals surface area contributed by atoms with Crippen molar-refractivity contribution in [1.29, 1.82) is 0 Å². The number of hydrogen-bond donors (Lipinski definition) is 1. The Balaban J connectivity index is 0.00000147. The van der Waals surface area contributed by atoms with E-state index in [1.807, 2.05) is 30.3 Å². The number of hydrogen-bond acceptors (Lipinski definition) is 4. The Morgan fingerprint density at radius 3 is 2.60 bits per heavy atom. The maximum Gasteiger partial charge on any atom is 0.245 e. The summed E-state index contributed by atoms with van der Waals surface area (Å²) >= 11 is 0. The normalized spacial score (nSPS) is 15.6. The van der Waals surface area contributed by atoms with Gasteiger partial charge in [-0.25, -0.2) is 0 Å². The molecule has 1 aliphatic rings. The number of nitrogens with one attached hydrogen (secondary N) is 1. The van der Waals surface area contributed by atoms with E-state index in [0.29, 0.717) is 18.4 Å². The minimum atomic E-state index is 0. The highest BCUT2D eigenvalue weighted by Crippen LogP contribution is 2.30. The van der Waals surface area contributed by atoms with E-state index in [4.69, 9.17) is 4.52 Å². The number of para-hydroxylation sites is 1. The van der Waals surface area contributed by atoms with Gasteiger partial charge < -0.3 is 9.84 Å². The number of aromatic nitrogens is 2. The van der Waals surface area contributed by atoms with Gasteiger partial charge in [0.15, 0.2) is 5.82 Å². The van der Waals surface area contributed by atoms with Gasteiger partial charge in [0, 0.05) is 11.6 Å². The Hall–Kier alpha value is -1.55. The minimum Gasteiger partial charge on any atom is -0.376 e. The van der Waals surface area contributed by atoms with Crippen LogP contribution in [-0.2, 0) is 6.54 Å². The highest BCUT2D eigenvalue weighted by molar-refractivity contribution is 5.85. The average Bonchev–Trinajstić information content (AvgIpc) is 2.96. The van der Waals surface area contributed by atoms with Gasteiger partial charge in [-0.15, -0.1) is 12.4 Å². The van der Waals surface area contributed by atoms with Crippen molar-refractivity contribution in [3.05, 3.63) is 42.0 Å². The molecule has 0 bridgehead atoms. The molecular weight excluding hydrogens is 274 g/mol. The van der Waals surface area contributed by atoms with E-state index in [2.05, 4.69) is 15.5 Å². The van der Waals surface area contributed by atoms with Crippen LogP contribution in [0.15, 0.2) is 34.9 Å². The molecule has 1 heterocycles. The van der Waals surface area contributed by atoms with Crippen LogP contribution in [0.1, 0.15) is 49.7 Å². The van der Waals surface area contributed by atoms with Crippen LogP contribution in [0.2, 0.25) is 0 Å². The fourth-order valence-electron chi connectivity index (χ4n) is 2.60. The summed E-state index contributed by atoms with van der Waals surface area (Å²) < 4.78 is 5.32. The minimum absolute atomic E-state index is 0. The Bertz CT molecular complexity index is 509. The van der Waals surface area contributed by atoms with Gasteiger partial charge in [0.25, 0.3) is 0 Å². The summed E-state index contributed by atoms with van der Waals surface area (Å²) in [5, 5.41) is 7.41. The Morgan fingerprint density at radius 2 is 1.85 bits per heavy atom. The molecule has 2 aromatic rings. The average molecular weight is 294 g/mol. The van der Waals surface area contributed by atoms with Crippen molar-refractivity contribution < 1.29 is 4.52 Å². The lowest BCUT2D eigenvalue weighted by Gasteiger charge is -2.17. The zero-order chi connectivity index (χ0) is 12.9. The molecule has 0 radical (unpaired) electrons. The van der Waals surface area contributed by atoms with Crippen LogP contribution in [0.3, 0.4) is 0 Å². The van der Waals surface area contributed by atoms with Gasteiger partial charge in [0.1, 0.15) is 0 Å². The molecule has 1 aromatic carbocycles. The first-order valence-electron chi connectivity index (χ1n) is 7.03. The van der Waals surface area contributed by atoms with E-state index < -0.39 is 0 Å². The quantitative estimate of drug-likeness (QED) is 0.920. The fourth-order valence-corrected chi connectivity index (χ4v) is 2.60. The van der Waals surface area contributed by atoms with E-state index in [0.717, 1.165) is 11.5 Å². The van der Waals surface area contributed by atoms with E-state index in [1.165, 1.54) is 32.1 Å². The van der Waals surface area contributed by atoms with Crippen molar-refractivity contribution in [3.63, 3.8) is 0 Å². The molecule has 1 N–H and O–H groups in total. The molecule has 0 aliphatic heterocycles. The van der Waals surface area contributed by atoms with Gasteiger partial charge in [-0.3, -0.25) is 0 Å². The molecule has 0 amide bonds. The molecule has 0 atom stereocenters. The van der Waals surface area contributed by atoms with E-state index in [-0.39, 0.29) is 12.4 Å². The third-order valence-electron chi connectivity index (χ3n) is 3.67. The van der Waals surface area contributed by atoms with Gasteiger partial charge in [0.05, 0.1) is 6.54 Å². The van der Waals surface area contributed by atoms with Crippen molar-refractivity contribution in [3.8, 4) is 0 Å². The summed E-state index contributed by atoms with van der Waals surface area (Å²) in [5.74, 6) is 2.07. The van der Waals surface area contributed by atoms with E-state index in [9.17, 15) is 0 Å². The second-order valence-corrected chi connectivity index (χ2v) is 5.10. The smallest absolute Gasteiger partial charge is 0.245 e. The second-order valence-electron chi connectivity index (χ2n) is 5.10. The molecule has 0 unspecified atom stereocenters. The maximum absolute atomic E-state index is 5.32. The topological polar surface area (TPSA) is 51.0 Å². The van der Waals surface area contributed by atoms with Crippen molar-refractivity contribution in [1.82, 2.24) is 10.1 Å². The number of benzene rings is 1. The highest BCUT2D eigenvalue weighted by atomic mass is 35.5. The third kappa shape index (κ3) is 3.73. The second kappa shape index (κ2) is 7.29. The summed E-state index contributed by atoms with van der Waals surface area (Å²) in [7, 11) is 0. The monoisotopic (exact) mass is 293 g/mol. The summed E-state index contributed by atoms with van der Waals surface area (Å²) in [4.78, 5) is 4.51. The molecule has 1 aliphatic carbocycles. The lowest BCUT2D eigenvalue weighted by atomic mass is 9.89. The third-order valence-corrected chi connectivity index (χ3v) is 3.67. The van der Waals surface area contributed by atoms with Crippen molar-refractivity contribution in [2.24, 2.45) is 0 Å². The first kappa shape index (κ1) is 14.9. The summed E-state index contributed by atoms with van der Waals surface area (Å²) in [6, 6.07) is 10.1. The Kier molecular flexibility index (Phi) is 5.41. The van der Waals surface area contributed by atoms with Crippen LogP contribution in [0, 0.1) is 0 Å². The molecule has 20 heavy (non-hydrogen) atoms. The van der Waals surface area contributed by atoms with Crippen LogP contribution in [-0.4, -0.2) is 10.1 Å². The fraction of sp³-hybridized carbons (Fsp3) is 0.467. The van der Waals surface area contributed by atoms with Gasteiger partial charge in [-0.05, 0) is 25.0 Å². The molecule has 0 saturated heterocycles. The predicted molar refractivity (Wildman–Crippen MR) is 81.1 cm³/mol. The van der Waals surface area contributed by atoms with E-state index in [1.54, 1.807) is 0 Å². The maximum atomic E-state index is 5.32. The van der Waals surface area contributed by atoms with Crippen molar-refractivity contribution >= 4 is 18.1 Å². The highest BCUT2D eigenvalue weighted by Gasteiger charge is 2.20. The molecule has 5 heteroatoms. The van der Waals surface area contributed by atoms with Gasteiger partial charge in [0.2, 0.25) is 5.89 Å². The van der Waals surface area contributed by atoms with Gasteiger partial charge in [-0.1, -0.05) is 42.6 Å². The molecule has 4 nitrogen and oxygen atoms in total. The Labute approximate surface area is 125 Å². The summed E-state index contributed by atoms with van der Waals surface area (Å²) in [6.45, 7) is 0.587. The Morgan fingerprint density at radius 1 is 1.10 bits per heavy atom. The number of nitrogens with zero attached hydrogens (tertiary/aromatic N) is 2. The zero-order valence-electron chi connectivity index (χ0n) is 11.4. The molecule has 1 fully saturated rings. The van der Waals surface area contributed by atoms with Crippen LogP contribution in [0.25, 0.3) is 0 Å². The molecule has 3 rings (SSSR count). The van der Waals surface area contributed by atoms with Gasteiger partial charge >= 0.3 is 0 Å². The molecule has 108 valence electrons. The lowest BCUT2D eigenvalue weighted by Crippen LogP contribution is -2.06. The number of anilines is 1. The first-order valence-corrected chi connectivity index (χ1v) is 7.03. The van der Waals surface area contributed by atoms with Crippen LogP contribution >= 0.6 is 12.4 Å². The SMILES string of the molecule is Cl.c1ccc(NCc2nc(C3CCCCC3)no2)cc1.